The number of aromatic nitrogens is 3. The number of fused-ring (bicyclic) bond motifs is 1. The van der Waals surface area contributed by atoms with Crippen molar-refractivity contribution in [3.8, 4) is 0 Å². The molecule has 0 spiro atoms. The number of likely N-dealkylation sites (tertiary alicyclic amines) is 1. The van der Waals surface area contributed by atoms with Gasteiger partial charge in [0.1, 0.15) is 12.4 Å². The van der Waals surface area contributed by atoms with Crippen LogP contribution in [0.3, 0.4) is 0 Å². The molecule has 1 saturated heterocycles. The van der Waals surface area contributed by atoms with Crippen LogP contribution in [0, 0.1) is 6.92 Å². The minimum Gasteiger partial charge on any atom is -0.342 e. The van der Waals surface area contributed by atoms with Crippen LogP contribution in [0.2, 0.25) is 0 Å². The fraction of sp³-hybridized carbons (Fsp3) is 0.350. The number of rotatable bonds is 3. The van der Waals surface area contributed by atoms with Crippen molar-refractivity contribution < 1.29 is 4.79 Å². The van der Waals surface area contributed by atoms with Crippen molar-refractivity contribution in [3.63, 3.8) is 0 Å². The monoisotopic (exact) mass is 350 g/mol. The fourth-order valence-electron chi connectivity index (χ4n) is 3.55. The molecule has 1 aliphatic rings. The lowest BCUT2D eigenvalue weighted by Crippen LogP contribution is -2.41. The number of para-hydroxylation sites is 2. The Kier molecular flexibility index (Phi) is 4.32. The number of hydrogen-bond donors (Lipinski definition) is 1. The number of piperidine rings is 1. The van der Waals surface area contributed by atoms with Gasteiger partial charge in [-0.1, -0.05) is 12.1 Å². The summed E-state index contributed by atoms with van der Waals surface area (Å²) in [4.78, 5) is 34.4. The highest BCUT2D eigenvalue weighted by atomic mass is 16.2. The SMILES string of the molecule is Cc1ccn(CC(=O)N2CCC(c3nc4ccccc4[nH]3)CC2)c(=O)c1. The highest BCUT2D eigenvalue weighted by Gasteiger charge is 2.25. The second-order valence-electron chi connectivity index (χ2n) is 6.96. The van der Waals surface area contributed by atoms with E-state index in [0.29, 0.717) is 19.0 Å². The van der Waals surface area contributed by atoms with E-state index in [0.717, 1.165) is 35.3 Å². The van der Waals surface area contributed by atoms with Gasteiger partial charge >= 0.3 is 0 Å². The molecule has 1 fully saturated rings. The van der Waals surface area contributed by atoms with Crippen molar-refractivity contribution in [3.05, 3.63) is 64.3 Å². The summed E-state index contributed by atoms with van der Waals surface area (Å²) in [5.74, 6) is 1.35. The van der Waals surface area contributed by atoms with Gasteiger partial charge in [-0.2, -0.15) is 0 Å². The van der Waals surface area contributed by atoms with Crippen LogP contribution in [0.1, 0.15) is 30.1 Å². The Morgan fingerprint density at radius 1 is 1.23 bits per heavy atom. The fourth-order valence-corrected chi connectivity index (χ4v) is 3.55. The van der Waals surface area contributed by atoms with Gasteiger partial charge in [0.2, 0.25) is 5.91 Å². The maximum Gasteiger partial charge on any atom is 0.251 e. The van der Waals surface area contributed by atoms with Crippen molar-refractivity contribution in [2.75, 3.05) is 13.1 Å². The number of imidazole rings is 1. The lowest BCUT2D eigenvalue weighted by atomic mass is 9.96. The van der Waals surface area contributed by atoms with Gasteiger partial charge in [-0.15, -0.1) is 0 Å². The number of nitrogens with one attached hydrogen (secondary N) is 1. The molecule has 1 aliphatic heterocycles. The van der Waals surface area contributed by atoms with E-state index in [1.165, 1.54) is 4.57 Å². The van der Waals surface area contributed by atoms with Crippen molar-refractivity contribution in [1.29, 1.82) is 0 Å². The lowest BCUT2D eigenvalue weighted by Gasteiger charge is -2.31. The third-order valence-corrected chi connectivity index (χ3v) is 5.10. The molecule has 6 heteroatoms. The standard InChI is InChI=1S/C20H22N4O2/c1-14-6-9-24(18(25)12-14)13-19(26)23-10-7-15(8-11-23)20-21-16-4-2-3-5-17(16)22-20/h2-6,9,12,15H,7-8,10-11,13H2,1H3,(H,21,22). The highest BCUT2D eigenvalue weighted by molar-refractivity contribution is 5.76. The van der Waals surface area contributed by atoms with Crippen molar-refractivity contribution in [2.45, 2.75) is 32.2 Å². The molecule has 1 amide bonds. The summed E-state index contributed by atoms with van der Waals surface area (Å²) >= 11 is 0. The molecule has 2 aromatic heterocycles. The second kappa shape index (κ2) is 6.78. The Bertz CT molecular complexity index is 963. The normalized spacial score (nSPS) is 15.5. The van der Waals surface area contributed by atoms with Crippen molar-refractivity contribution >= 4 is 16.9 Å². The van der Waals surface area contributed by atoms with E-state index in [-0.39, 0.29) is 18.0 Å². The van der Waals surface area contributed by atoms with Crippen LogP contribution in [0.5, 0.6) is 0 Å². The number of carbonyl (C=O) groups excluding carboxylic acids is 1. The Labute approximate surface area is 151 Å². The van der Waals surface area contributed by atoms with Gasteiger partial charge in [0.25, 0.3) is 5.56 Å². The summed E-state index contributed by atoms with van der Waals surface area (Å²) < 4.78 is 1.47. The Hall–Kier alpha value is -2.89. The van der Waals surface area contributed by atoms with Gasteiger partial charge in [-0.25, -0.2) is 4.98 Å². The quantitative estimate of drug-likeness (QED) is 0.789. The average Bonchev–Trinajstić information content (AvgIpc) is 3.08. The predicted octanol–water partition coefficient (Wildman–Crippen LogP) is 2.44. The molecular formula is C20H22N4O2. The van der Waals surface area contributed by atoms with E-state index in [2.05, 4.69) is 9.97 Å². The van der Waals surface area contributed by atoms with Gasteiger partial charge in [0.05, 0.1) is 11.0 Å². The van der Waals surface area contributed by atoms with Crippen LogP contribution in [-0.4, -0.2) is 38.4 Å². The summed E-state index contributed by atoms with van der Waals surface area (Å²) in [6, 6.07) is 11.4. The summed E-state index contributed by atoms with van der Waals surface area (Å²) in [6.07, 6.45) is 3.46. The smallest absolute Gasteiger partial charge is 0.251 e. The first-order valence-corrected chi connectivity index (χ1v) is 8.99. The van der Waals surface area contributed by atoms with Gasteiger partial charge in [-0.05, 0) is 43.5 Å². The Morgan fingerprint density at radius 2 is 2.00 bits per heavy atom. The molecule has 134 valence electrons. The molecule has 0 unspecified atom stereocenters. The molecule has 3 aromatic rings. The minimum absolute atomic E-state index is 0.000918. The zero-order valence-corrected chi connectivity index (χ0v) is 14.8. The molecule has 0 radical (unpaired) electrons. The van der Waals surface area contributed by atoms with Crippen LogP contribution in [-0.2, 0) is 11.3 Å². The lowest BCUT2D eigenvalue weighted by molar-refractivity contribution is -0.133. The molecule has 1 N–H and O–H groups in total. The van der Waals surface area contributed by atoms with Crippen LogP contribution in [0.15, 0.2) is 47.4 Å². The molecule has 3 heterocycles. The summed E-state index contributed by atoms with van der Waals surface area (Å²) in [7, 11) is 0. The van der Waals surface area contributed by atoms with Crippen LogP contribution >= 0.6 is 0 Å². The van der Waals surface area contributed by atoms with Crippen LogP contribution in [0.4, 0.5) is 0 Å². The molecule has 0 aliphatic carbocycles. The Morgan fingerprint density at radius 3 is 2.73 bits per heavy atom. The van der Waals surface area contributed by atoms with E-state index < -0.39 is 0 Å². The number of hydrogen-bond acceptors (Lipinski definition) is 3. The number of amides is 1. The van der Waals surface area contributed by atoms with Crippen LogP contribution in [0.25, 0.3) is 11.0 Å². The van der Waals surface area contributed by atoms with Crippen molar-refractivity contribution in [2.24, 2.45) is 0 Å². The molecule has 0 atom stereocenters. The summed E-state index contributed by atoms with van der Waals surface area (Å²) in [6.45, 7) is 3.37. The topological polar surface area (TPSA) is 71.0 Å². The van der Waals surface area contributed by atoms with Crippen LogP contribution < -0.4 is 5.56 Å². The number of H-pyrrole nitrogens is 1. The largest absolute Gasteiger partial charge is 0.342 e. The number of benzene rings is 1. The maximum atomic E-state index is 12.5. The van der Waals surface area contributed by atoms with Crippen molar-refractivity contribution in [1.82, 2.24) is 19.4 Å². The van der Waals surface area contributed by atoms with E-state index in [1.54, 1.807) is 12.3 Å². The number of aromatic amines is 1. The second-order valence-corrected chi connectivity index (χ2v) is 6.96. The Balaban J connectivity index is 1.39. The van der Waals surface area contributed by atoms with Gasteiger partial charge in [0.15, 0.2) is 0 Å². The first-order chi connectivity index (χ1) is 12.6. The zero-order valence-electron chi connectivity index (χ0n) is 14.8. The number of pyridine rings is 1. The van der Waals surface area contributed by atoms with E-state index in [9.17, 15) is 9.59 Å². The number of carbonyl (C=O) groups is 1. The van der Waals surface area contributed by atoms with Gasteiger partial charge in [0, 0.05) is 31.3 Å². The third kappa shape index (κ3) is 3.27. The molecule has 1 aromatic carbocycles. The third-order valence-electron chi connectivity index (χ3n) is 5.10. The highest BCUT2D eigenvalue weighted by Crippen LogP contribution is 2.27. The number of nitrogens with zero attached hydrogens (tertiary/aromatic N) is 3. The molecule has 0 bridgehead atoms. The average molecular weight is 350 g/mol. The molecule has 26 heavy (non-hydrogen) atoms. The molecular weight excluding hydrogens is 328 g/mol. The van der Waals surface area contributed by atoms with E-state index in [4.69, 9.17) is 0 Å². The molecule has 4 rings (SSSR count). The molecule has 0 saturated carbocycles. The van der Waals surface area contributed by atoms with Gasteiger partial charge < -0.3 is 14.5 Å². The van der Waals surface area contributed by atoms with E-state index >= 15 is 0 Å². The molecule has 6 nitrogen and oxygen atoms in total. The van der Waals surface area contributed by atoms with Gasteiger partial charge in [-0.3, -0.25) is 9.59 Å². The first kappa shape index (κ1) is 16.6. The maximum absolute atomic E-state index is 12.5. The summed E-state index contributed by atoms with van der Waals surface area (Å²) in [5, 5.41) is 0. The number of aryl methyl sites for hydroxylation is 1. The van der Waals surface area contributed by atoms with E-state index in [1.807, 2.05) is 42.2 Å². The predicted molar refractivity (Wildman–Crippen MR) is 100 cm³/mol. The zero-order chi connectivity index (χ0) is 18.1. The minimum atomic E-state index is -0.129. The first-order valence-electron chi connectivity index (χ1n) is 8.99. The summed E-state index contributed by atoms with van der Waals surface area (Å²) in [5.41, 5.74) is 2.82.